The van der Waals surface area contributed by atoms with Crippen LogP contribution in [-0.4, -0.2) is 19.3 Å². The Morgan fingerprint density at radius 1 is 1.07 bits per heavy atom. The quantitative estimate of drug-likeness (QED) is 0.490. The van der Waals surface area contributed by atoms with Crippen LogP contribution in [0.4, 0.5) is 5.69 Å². The Labute approximate surface area is 173 Å². The normalized spacial score (nSPS) is 10.4. The predicted molar refractivity (Wildman–Crippen MR) is 115 cm³/mol. The number of para-hydroxylation sites is 1. The van der Waals surface area contributed by atoms with Gasteiger partial charge in [-0.1, -0.05) is 29.8 Å². The van der Waals surface area contributed by atoms with Gasteiger partial charge in [0, 0.05) is 21.0 Å². The molecule has 0 bridgehead atoms. The van der Waals surface area contributed by atoms with E-state index in [1.807, 2.05) is 42.7 Å². The summed E-state index contributed by atoms with van der Waals surface area (Å²) in [6, 6.07) is 20.2. The summed E-state index contributed by atoms with van der Waals surface area (Å²) in [6.45, 7) is 0.256. The average Bonchev–Trinajstić information content (AvgIpc) is 2.72. The molecule has 0 aliphatic carbocycles. The van der Waals surface area contributed by atoms with E-state index in [2.05, 4.69) is 5.32 Å². The van der Waals surface area contributed by atoms with Gasteiger partial charge in [0.1, 0.15) is 18.1 Å². The third-order valence-corrected chi connectivity index (χ3v) is 5.12. The summed E-state index contributed by atoms with van der Waals surface area (Å²) in [5.41, 5.74) is 2.09. The zero-order valence-corrected chi connectivity index (χ0v) is 17.1. The summed E-state index contributed by atoms with van der Waals surface area (Å²) in [6.07, 6.45) is 1.98. The minimum Gasteiger partial charge on any atom is -0.496 e. The SMILES string of the molecule is COc1ccc(C(=O)Nc2ccccc2SC)cc1COc1cccc(Cl)c1. The highest BCUT2D eigenvalue weighted by molar-refractivity contribution is 7.98. The summed E-state index contributed by atoms with van der Waals surface area (Å²) in [5.74, 6) is 1.12. The number of rotatable bonds is 7. The molecule has 0 heterocycles. The van der Waals surface area contributed by atoms with Gasteiger partial charge in [-0.05, 0) is 54.8 Å². The van der Waals surface area contributed by atoms with Crippen LogP contribution in [0.2, 0.25) is 5.02 Å². The van der Waals surface area contributed by atoms with Gasteiger partial charge in [-0.2, -0.15) is 0 Å². The zero-order chi connectivity index (χ0) is 19.9. The minimum absolute atomic E-state index is 0.187. The molecule has 0 unspecified atom stereocenters. The van der Waals surface area contributed by atoms with E-state index < -0.39 is 0 Å². The molecule has 0 radical (unpaired) electrons. The van der Waals surface area contributed by atoms with E-state index in [4.69, 9.17) is 21.1 Å². The highest BCUT2D eigenvalue weighted by Crippen LogP contribution is 2.27. The molecular weight excluding hydrogens is 394 g/mol. The highest BCUT2D eigenvalue weighted by atomic mass is 35.5. The van der Waals surface area contributed by atoms with E-state index in [1.165, 1.54) is 0 Å². The van der Waals surface area contributed by atoms with Gasteiger partial charge >= 0.3 is 0 Å². The van der Waals surface area contributed by atoms with Crippen molar-refractivity contribution in [1.29, 1.82) is 0 Å². The van der Waals surface area contributed by atoms with Gasteiger partial charge in [0.15, 0.2) is 0 Å². The van der Waals surface area contributed by atoms with Gasteiger partial charge < -0.3 is 14.8 Å². The number of amides is 1. The molecular formula is C22H20ClNO3S. The van der Waals surface area contributed by atoms with Crippen molar-refractivity contribution in [2.24, 2.45) is 0 Å². The van der Waals surface area contributed by atoms with E-state index in [0.717, 1.165) is 16.1 Å². The number of anilines is 1. The largest absolute Gasteiger partial charge is 0.496 e. The number of ether oxygens (including phenoxy) is 2. The fourth-order valence-corrected chi connectivity index (χ4v) is 3.43. The molecule has 0 saturated carbocycles. The van der Waals surface area contributed by atoms with Gasteiger partial charge in [0.2, 0.25) is 0 Å². The lowest BCUT2D eigenvalue weighted by molar-refractivity contribution is 0.102. The molecule has 6 heteroatoms. The first kappa shape index (κ1) is 20.1. The van der Waals surface area contributed by atoms with Gasteiger partial charge in [0.25, 0.3) is 5.91 Å². The van der Waals surface area contributed by atoms with E-state index >= 15 is 0 Å². The van der Waals surface area contributed by atoms with Crippen molar-refractivity contribution >= 4 is 35.0 Å². The molecule has 0 spiro atoms. The molecule has 3 rings (SSSR count). The predicted octanol–water partition coefficient (Wildman–Crippen LogP) is 5.90. The lowest BCUT2D eigenvalue weighted by atomic mass is 10.1. The maximum absolute atomic E-state index is 12.7. The van der Waals surface area contributed by atoms with Crippen LogP contribution in [-0.2, 0) is 6.61 Å². The maximum atomic E-state index is 12.7. The Morgan fingerprint density at radius 2 is 1.89 bits per heavy atom. The molecule has 28 heavy (non-hydrogen) atoms. The fraction of sp³-hybridized carbons (Fsp3) is 0.136. The summed E-state index contributed by atoms with van der Waals surface area (Å²) in [7, 11) is 1.59. The first-order chi connectivity index (χ1) is 13.6. The van der Waals surface area contributed by atoms with Crippen LogP contribution >= 0.6 is 23.4 Å². The molecule has 4 nitrogen and oxygen atoms in total. The summed E-state index contributed by atoms with van der Waals surface area (Å²) >= 11 is 7.58. The van der Waals surface area contributed by atoms with Crippen LogP contribution in [0.1, 0.15) is 15.9 Å². The average molecular weight is 414 g/mol. The molecule has 1 amide bonds. The first-order valence-corrected chi connectivity index (χ1v) is 10.2. The topological polar surface area (TPSA) is 47.6 Å². The van der Waals surface area contributed by atoms with Crippen LogP contribution in [0.25, 0.3) is 0 Å². The number of halogens is 1. The Kier molecular flexibility index (Phi) is 6.85. The number of carbonyl (C=O) groups excluding carboxylic acids is 1. The molecule has 0 fully saturated rings. The van der Waals surface area contributed by atoms with Crippen molar-refractivity contribution in [3.8, 4) is 11.5 Å². The Morgan fingerprint density at radius 3 is 2.64 bits per heavy atom. The monoisotopic (exact) mass is 413 g/mol. The molecule has 3 aromatic rings. The van der Waals surface area contributed by atoms with Crippen molar-refractivity contribution in [2.75, 3.05) is 18.7 Å². The van der Waals surface area contributed by atoms with Crippen LogP contribution in [0, 0.1) is 0 Å². The molecule has 0 aliphatic heterocycles. The summed E-state index contributed by atoms with van der Waals surface area (Å²) in [5, 5.41) is 3.57. The van der Waals surface area contributed by atoms with E-state index in [-0.39, 0.29) is 12.5 Å². The van der Waals surface area contributed by atoms with Crippen molar-refractivity contribution in [3.63, 3.8) is 0 Å². The van der Waals surface area contributed by atoms with E-state index in [9.17, 15) is 4.79 Å². The molecule has 1 N–H and O–H groups in total. The van der Waals surface area contributed by atoms with Crippen LogP contribution in [0.5, 0.6) is 11.5 Å². The fourth-order valence-electron chi connectivity index (χ4n) is 2.69. The minimum atomic E-state index is -0.187. The number of hydrogen-bond donors (Lipinski definition) is 1. The van der Waals surface area contributed by atoms with Crippen LogP contribution < -0.4 is 14.8 Å². The van der Waals surface area contributed by atoms with Crippen molar-refractivity contribution in [2.45, 2.75) is 11.5 Å². The summed E-state index contributed by atoms with van der Waals surface area (Å²) in [4.78, 5) is 13.7. The molecule has 0 atom stereocenters. The standard InChI is InChI=1S/C22H20ClNO3S/c1-26-20-11-10-15(22(25)24-19-8-3-4-9-21(19)28-2)12-16(20)14-27-18-7-5-6-17(23)13-18/h3-13H,14H2,1-2H3,(H,24,25). The number of benzene rings is 3. The highest BCUT2D eigenvalue weighted by Gasteiger charge is 2.13. The first-order valence-electron chi connectivity index (χ1n) is 8.60. The van der Waals surface area contributed by atoms with Crippen molar-refractivity contribution in [1.82, 2.24) is 0 Å². The lowest BCUT2D eigenvalue weighted by Gasteiger charge is -2.13. The molecule has 0 aliphatic rings. The molecule has 0 aromatic heterocycles. The number of hydrogen-bond acceptors (Lipinski definition) is 4. The number of nitrogens with one attached hydrogen (secondary N) is 1. The van der Waals surface area contributed by atoms with Gasteiger partial charge in [-0.15, -0.1) is 11.8 Å². The Hall–Kier alpha value is -2.63. The van der Waals surface area contributed by atoms with Gasteiger partial charge in [-0.3, -0.25) is 4.79 Å². The van der Waals surface area contributed by atoms with Crippen molar-refractivity contribution in [3.05, 3.63) is 82.9 Å². The Bertz CT molecular complexity index is 978. The summed E-state index contributed by atoms with van der Waals surface area (Å²) < 4.78 is 11.2. The maximum Gasteiger partial charge on any atom is 0.255 e. The molecule has 3 aromatic carbocycles. The smallest absolute Gasteiger partial charge is 0.255 e. The number of methoxy groups -OCH3 is 1. The molecule has 144 valence electrons. The third-order valence-electron chi connectivity index (χ3n) is 4.09. The number of thioether (sulfide) groups is 1. The second kappa shape index (κ2) is 9.53. The van der Waals surface area contributed by atoms with Crippen molar-refractivity contribution < 1.29 is 14.3 Å². The van der Waals surface area contributed by atoms with Gasteiger partial charge in [-0.25, -0.2) is 0 Å². The van der Waals surface area contributed by atoms with E-state index in [0.29, 0.717) is 22.1 Å². The van der Waals surface area contributed by atoms with Crippen LogP contribution in [0.3, 0.4) is 0 Å². The second-order valence-electron chi connectivity index (χ2n) is 5.93. The van der Waals surface area contributed by atoms with E-state index in [1.54, 1.807) is 49.2 Å². The lowest BCUT2D eigenvalue weighted by Crippen LogP contribution is -2.13. The van der Waals surface area contributed by atoms with Gasteiger partial charge in [0.05, 0.1) is 12.8 Å². The zero-order valence-electron chi connectivity index (χ0n) is 15.6. The van der Waals surface area contributed by atoms with Crippen LogP contribution in [0.15, 0.2) is 71.6 Å². The third kappa shape index (κ3) is 5.00. The molecule has 0 saturated heterocycles. The Balaban J connectivity index is 1.78. The number of carbonyl (C=O) groups is 1. The second-order valence-corrected chi connectivity index (χ2v) is 7.21.